The molecule has 0 aliphatic heterocycles. The maximum absolute atomic E-state index is 10.7. The summed E-state index contributed by atoms with van der Waals surface area (Å²) in [5.41, 5.74) is 0. The maximum Gasteiger partial charge on any atom is 0.507 e. The Labute approximate surface area is 138 Å². The Morgan fingerprint density at radius 3 is 1.36 bits per heavy atom. The van der Waals surface area contributed by atoms with Crippen molar-refractivity contribution < 1.29 is 14.3 Å². The lowest BCUT2D eigenvalue weighted by Crippen LogP contribution is -2.05. The minimum Gasteiger partial charge on any atom is -0.438 e. The third-order valence-electron chi connectivity index (χ3n) is 4.13. The van der Waals surface area contributed by atoms with E-state index in [4.69, 9.17) is 4.74 Å². The third-order valence-corrected chi connectivity index (χ3v) is 4.13. The average molecular weight is 315 g/mol. The van der Waals surface area contributed by atoms with Crippen molar-refractivity contribution in [2.24, 2.45) is 0 Å². The molecule has 0 aromatic heterocycles. The second kappa shape index (κ2) is 18.3. The summed E-state index contributed by atoms with van der Waals surface area (Å²) >= 11 is 0. The van der Waals surface area contributed by atoms with Gasteiger partial charge in [0.1, 0.15) is 0 Å². The van der Waals surface area contributed by atoms with Crippen molar-refractivity contribution in [2.45, 2.75) is 103 Å². The van der Waals surface area contributed by atoms with Crippen LogP contribution >= 0.6 is 0 Å². The fourth-order valence-corrected chi connectivity index (χ4v) is 2.69. The van der Waals surface area contributed by atoms with E-state index >= 15 is 0 Å². The van der Waals surface area contributed by atoms with Crippen molar-refractivity contribution in [2.75, 3.05) is 13.7 Å². The van der Waals surface area contributed by atoms with Gasteiger partial charge in [0, 0.05) is 0 Å². The molecule has 0 radical (unpaired) electrons. The summed E-state index contributed by atoms with van der Waals surface area (Å²) < 4.78 is 9.26. The van der Waals surface area contributed by atoms with Gasteiger partial charge in [-0.05, 0) is 6.42 Å². The zero-order valence-electron chi connectivity index (χ0n) is 15.0. The summed E-state index contributed by atoms with van der Waals surface area (Å²) in [5.74, 6) is 0. The molecule has 0 saturated heterocycles. The Bertz CT molecular complexity index is 229. The highest BCUT2D eigenvalue weighted by Crippen LogP contribution is 2.13. The van der Waals surface area contributed by atoms with Gasteiger partial charge in [0.05, 0.1) is 13.7 Å². The molecule has 0 spiro atoms. The van der Waals surface area contributed by atoms with Gasteiger partial charge >= 0.3 is 6.16 Å². The summed E-state index contributed by atoms with van der Waals surface area (Å²) in [6.07, 6.45) is 19.6. The first-order valence-electron chi connectivity index (χ1n) is 9.52. The van der Waals surface area contributed by atoms with Crippen molar-refractivity contribution in [1.29, 1.82) is 0 Å². The minimum atomic E-state index is -0.564. The number of unbranched alkanes of at least 4 members (excludes halogenated alkanes) is 14. The lowest BCUT2D eigenvalue weighted by Gasteiger charge is -2.04. The average Bonchev–Trinajstić information content (AvgIpc) is 2.54. The number of carbonyl (C=O) groups excluding carboxylic acids is 1. The number of hydrogen-bond donors (Lipinski definition) is 0. The fourth-order valence-electron chi connectivity index (χ4n) is 2.69. The first kappa shape index (κ1) is 21.3. The van der Waals surface area contributed by atoms with Crippen LogP contribution in [0.25, 0.3) is 0 Å². The number of methoxy groups -OCH3 is 1. The Morgan fingerprint density at radius 2 is 1.00 bits per heavy atom. The Kier molecular flexibility index (Phi) is 17.7. The molecule has 3 nitrogen and oxygen atoms in total. The van der Waals surface area contributed by atoms with Crippen LogP contribution in [0, 0.1) is 0 Å². The van der Waals surface area contributed by atoms with Crippen LogP contribution in [0.15, 0.2) is 0 Å². The van der Waals surface area contributed by atoms with Crippen LogP contribution in [-0.4, -0.2) is 19.9 Å². The normalized spacial score (nSPS) is 10.6. The molecule has 0 amide bonds. The van der Waals surface area contributed by atoms with E-state index in [1.54, 1.807) is 0 Å². The number of carbonyl (C=O) groups is 1. The molecule has 3 heteroatoms. The summed E-state index contributed by atoms with van der Waals surface area (Å²) in [5, 5.41) is 0. The van der Waals surface area contributed by atoms with E-state index in [9.17, 15) is 4.79 Å². The summed E-state index contributed by atoms with van der Waals surface area (Å²) in [6, 6.07) is 0. The van der Waals surface area contributed by atoms with Gasteiger partial charge in [0.2, 0.25) is 0 Å². The molecule has 132 valence electrons. The van der Waals surface area contributed by atoms with Crippen LogP contribution in [0.3, 0.4) is 0 Å². The molecule has 22 heavy (non-hydrogen) atoms. The topological polar surface area (TPSA) is 35.5 Å². The smallest absolute Gasteiger partial charge is 0.438 e. The van der Waals surface area contributed by atoms with Crippen molar-refractivity contribution in [3.8, 4) is 0 Å². The highest BCUT2D eigenvalue weighted by atomic mass is 16.7. The summed E-state index contributed by atoms with van der Waals surface area (Å²) in [4.78, 5) is 10.7. The molecular formula is C19H38O3. The zero-order chi connectivity index (χ0) is 16.3. The Hall–Kier alpha value is -0.730. The van der Waals surface area contributed by atoms with Crippen molar-refractivity contribution >= 4 is 6.16 Å². The van der Waals surface area contributed by atoms with E-state index in [1.165, 1.54) is 90.6 Å². The molecule has 0 aromatic carbocycles. The van der Waals surface area contributed by atoms with E-state index in [-0.39, 0.29) is 0 Å². The SMILES string of the molecule is CCCCCCCCCCCCCCCCCOC(=O)OC. The van der Waals surface area contributed by atoms with Gasteiger partial charge < -0.3 is 9.47 Å². The molecule has 0 saturated carbocycles. The molecular weight excluding hydrogens is 276 g/mol. The molecule has 0 unspecified atom stereocenters. The lowest BCUT2D eigenvalue weighted by atomic mass is 10.0. The van der Waals surface area contributed by atoms with Gasteiger partial charge in [-0.2, -0.15) is 0 Å². The second-order valence-electron chi connectivity index (χ2n) is 6.25. The van der Waals surface area contributed by atoms with Crippen LogP contribution < -0.4 is 0 Å². The second-order valence-corrected chi connectivity index (χ2v) is 6.25. The number of rotatable bonds is 16. The zero-order valence-corrected chi connectivity index (χ0v) is 15.0. The van der Waals surface area contributed by atoms with Gasteiger partial charge in [0.25, 0.3) is 0 Å². The molecule has 0 aliphatic carbocycles. The molecule has 0 rings (SSSR count). The quantitative estimate of drug-likeness (QED) is 0.236. The van der Waals surface area contributed by atoms with E-state index < -0.39 is 6.16 Å². The molecule has 0 aliphatic rings. The highest BCUT2D eigenvalue weighted by molar-refractivity contribution is 5.59. The predicted molar refractivity (Wildman–Crippen MR) is 93.3 cm³/mol. The van der Waals surface area contributed by atoms with Crippen LogP contribution in [0.1, 0.15) is 103 Å². The van der Waals surface area contributed by atoms with Gasteiger partial charge in [-0.25, -0.2) is 4.79 Å². The van der Waals surface area contributed by atoms with Crippen LogP contribution in [0.5, 0.6) is 0 Å². The Balaban J connectivity index is 2.98. The lowest BCUT2D eigenvalue weighted by molar-refractivity contribution is 0.0713. The molecule has 0 aromatic rings. The third kappa shape index (κ3) is 17.3. The van der Waals surface area contributed by atoms with E-state index in [0.29, 0.717) is 6.61 Å². The standard InChI is InChI=1S/C19H38O3/c1-3-4-5-6-7-8-9-10-11-12-13-14-15-16-17-18-22-19(20)21-2/h3-18H2,1-2H3. The summed E-state index contributed by atoms with van der Waals surface area (Å²) in [6.45, 7) is 2.76. The fraction of sp³-hybridized carbons (Fsp3) is 0.947. The van der Waals surface area contributed by atoms with Gasteiger partial charge in [-0.1, -0.05) is 96.8 Å². The van der Waals surface area contributed by atoms with E-state index in [1.807, 2.05) is 0 Å². The predicted octanol–water partition coefficient (Wildman–Crippen LogP) is 6.64. The number of ether oxygens (including phenoxy) is 2. The molecule has 0 heterocycles. The van der Waals surface area contributed by atoms with Crippen molar-refractivity contribution in [1.82, 2.24) is 0 Å². The van der Waals surface area contributed by atoms with E-state index in [2.05, 4.69) is 11.7 Å². The van der Waals surface area contributed by atoms with Crippen LogP contribution in [-0.2, 0) is 9.47 Å². The number of hydrogen-bond acceptors (Lipinski definition) is 3. The summed E-state index contributed by atoms with van der Waals surface area (Å²) in [7, 11) is 1.34. The van der Waals surface area contributed by atoms with Crippen LogP contribution in [0.4, 0.5) is 4.79 Å². The van der Waals surface area contributed by atoms with Gasteiger partial charge in [0.15, 0.2) is 0 Å². The molecule has 0 bridgehead atoms. The maximum atomic E-state index is 10.7. The largest absolute Gasteiger partial charge is 0.507 e. The first-order valence-corrected chi connectivity index (χ1v) is 9.52. The van der Waals surface area contributed by atoms with E-state index in [0.717, 1.165) is 12.8 Å². The molecule has 0 N–H and O–H groups in total. The van der Waals surface area contributed by atoms with Crippen molar-refractivity contribution in [3.05, 3.63) is 0 Å². The monoisotopic (exact) mass is 314 g/mol. The first-order chi connectivity index (χ1) is 10.8. The van der Waals surface area contributed by atoms with Gasteiger partial charge in [-0.15, -0.1) is 0 Å². The van der Waals surface area contributed by atoms with Gasteiger partial charge in [-0.3, -0.25) is 0 Å². The van der Waals surface area contributed by atoms with Crippen LogP contribution in [0.2, 0.25) is 0 Å². The molecule has 0 fully saturated rings. The molecule has 0 atom stereocenters. The highest BCUT2D eigenvalue weighted by Gasteiger charge is 1.99. The van der Waals surface area contributed by atoms with Crippen molar-refractivity contribution in [3.63, 3.8) is 0 Å². The Morgan fingerprint density at radius 1 is 0.636 bits per heavy atom. The minimum absolute atomic E-state index is 0.491.